The number of pyridine rings is 1. The Balaban J connectivity index is 1.35. The molecule has 6 nitrogen and oxygen atoms in total. The van der Waals surface area contributed by atoms with E-state index in [2.05, 4.69) is 33.1 Å². The summed E-state index contributed by atoms with van der Waals surface area (Å²) in [7, 11) is 0. The Morgan fingerprint density at radius 1 is 1.06 bits per heavy atom. The fraction of sp³-hybridized carbons (Fsp3) is 0.286. The summed E-state index contributed by atoms with van der Waals surface area (Å²) >= 11 is 6.04. The molecule has 6 rings (SSSR count). The molecule has 2 heterocycles. The average molecular weight is 487 g/mol. The Kier molecular flexibility index (Phi) is 5.61. The Bertz CT molecular complexity index is 1390. The van der Waals surface area contributed by atoms with E-state index < -0.39 is 6.09 Å². The van der Waals surface area contributed by atoms with Gasteiger partial charge in [-0.2, -0.15) is 0 Å². The summed E-state index contributed by atoms with van der Waals surface area (Å²) in [6.45, 7) is 0.496. The van der Waals surface area contributed by atoms with Gasteiger partial charge in [0.1, 0.15) is 0 Å². The van der Waals surface area contributed by atoms with Gasteiger partial charge in [-0.1, -0.05) is 35.9 Å². The zero-order valence-electron chi connectivity index (χ0n) is 19.3. The van der Waals surface area contributed by atoms with E-state index in [-0.39, 0.29) is 0 Å². The van der Waals surface area contributed by atoms with Crippen LogP contribution in [0.2, 0.25) is 5.02 Å². The lowest BCUT2D eigenvalue weighted by molar-refractivity contribution is 0.156. The molecule has 2 aromatic heterocycles. The van der Waals surface area contributed by atoms with E-state index in [1.54, 1.807) is 6.20 Å². The van der Waals surface area contributed by atoms with Crippen LogP contribution in [0.15, 0.2) is 60.8 Å². The van der Waals surface area contributed by atoms with Gasteiger partial charge in [-0.05, 0) is 68.4 Å². The lowest BCUT2D eigenvalue weighted by Crippen LogP contribution is -2.18. The van der Waals surface area contributed by atoms with Crippen molar-refractivity contribution < 1.29 is 9.53 Å². The van der Waals surface area contributed by atoms with Gasteiger partial charge in [-0.25, -0.2) is 4.79 Å². The van der Waals surface area contributed by atoms with E-state index in [1.165, 1.54) is 6.42 Å². The van der Waals surface area contributed by atoms with Gasteiger partial charge in [0.2, 0.25) is 0 Å². The first-order valence-corrected chi connectivity index (χ1v) is 12.5. The number of rotatable bonds is 6. The summed E-state index contributed by atoms with van der Waals surface area (Å²) in [4.78, 5) is 16.6. The van der Waals surface area contributed by atoms with Crippen molar-refractivity contribution in [1.29, 1.82) is 0 Å². The number of ether oxygens (including phenoxy) is 1. The van der Waals surface area contributed by atoms with Crippen LogP contribution in [0.5, 0.6) is 0 Å². The number of carbonyl (C=O) groups is 1. The van der Waals surface area contributed by atoms with E-state index in [4.69, 9.17) is 22.1 Å². The van der Waals surface area contributed by atoms with Crippen LogP contribution in [0.25, 0.3) is 33.4 Å². The molecule has 7 heteroatoms. The monoisotopic (exact) mass is 486 g/mol. The summed E-state index contributed by atoms with van der Waals surface area (Å²) in [5, 5.41) is 4.47. The number of nitrogens with zero attached hydrogens (tertiary/aromatic N) is 2. The van der Waals surface area contributed by atoms with Crippen LogP contribution < -0.4 is 11.1 Å². The number of hydrogen-bond donors (Lipinski definition) is 2. The number of amides is 1. The van der Waals surface area contributed by atoms with Crippen LogP contribution in [0.1, 0.15) is 38.1 Å². The number of fused-ring (bicyclic) bond motifs is 1. The van der Waals surface area contributed by atoms with Crippen molar-refractivity contribution in [2.75, 3.05) is 17.7 Å². The van der Waals surface area contributed by atoms with Gasteiger partial charge in [0.05, 0.1) is 34.2 Å². The number of nitrogens with one attached hydrogen (secondary N) is 1. The van der Waals surface area contributed by atoms with Gasteiger partial charge in [-0.15, -0.1) is 0 Å². The van der Waals surface area contributed by atoms with Crippen molar-refractivity contribution in [2.24, 2.45) is 5.92 Å². The Labute approximate surface area is 209 Å². The van der Waals surface area contributed by atoms with Crippen molar-refractivity contribution in [2.45, 2.75) is 38.1 Å². The number of halogens is 1. The number of hydrogen-bond acceptors (Lipinski definition) is 4. The lowest BCUT2D eigenvalue weighted by atomic mass is 9.92. The van der Waals surface area contributed by atoms with Crippen molar-refractivity contribution in [3.8, 4) is 22.5 Å². The van der Waals surface area contributed by atoms with Gasteiger partial charge < -0.3 is 15.0 Å². The zero-order valence-corrected chi connectivity index (χ0v) is 20.1. The Morgan fingerprint density at radius 2 is 1.83 bits per heavy atom. The SMILES string of the molecule is Nc1c(-c2ccc(NC(=O)OCC3CC3)cc2)n(C2CCC2)c2cc(-c3ccc(Cl)cn3)ccc12. The Hall–Kier alpha value is -3.51. The minimum Gasteiger partial charge on any atom is -0.449 e. The highest BCUT2D eigenvalue weighted by Gasteiger charge is 2.27. The van der Waals surface area contributed by atoms with Crippen LogP contribution in [-0.4, -0.2) is 22.3 Å². The molecule has 0 spiro atoms. The highest BCUT2D eigenvalue weighted by molar-refractivity contribution is 6.30. The molecule has 2 fully saturated rings. The largest absolute Gasteiger partial charge is 0.449 e. The predicted octanol–water partition coefficient (Wildman–Crippen LogP) is 7.29. The lowest BCUT2D eigenvalue weighted by Gasteiger charge is -2.30. The first-order valence-electron chi connectivity index (χ1n) is 12.2. The van der Waals surface area contributed by atoms with Crippen molar-refractivity contribution in [3.63, 3.8) is 0 Å². The number of carbonyl (C=O) groups excluding carboxylic acids is 1. The van der Waals surface area contributed by atoms with Crippen LogP contribution in [0.3, 0.4) is 0 Å². The molecule has 2 saturated carbocycles. The minimum absolute atomic E-state index is 0.406. The van der Waals surface area contributed by atoms with E-state index in [1.807, 2.05) is 36.4 Å². The molecular formula is C28H27ClN4O2. The highest BCUT2D eigenvalue weighted by Crippen LogP contribution is 2.45. The highest BCUT2D eigenvalue weighted by atomic mass is 35.5. The third-order valence-corrected chi connectivity index (χ3v) is 7.28. The van der Waals surface area contributed by atoms with Gasteiger partial charge >= 0.3 is 6.09 Å². The van der Waals surface area contributed by atoms with Gasteiger partial charge in [0.15, 0.2) is 0 Å². The molecule has 4 aromatic rings. The van der Waals surface area contributed by atoms with Gasteiger partial charge in [0, 0.05) is 34.4 Å². The topological polar surface area (TPSA) is 82.2 Å². The van der Waals surface area contributed by atoms with Crippen LogP contribution in [0, 0.1) is 5.92 Å². The first-order chi connectivity index (χ1) is 17.1. The second-order valence-electron chi connectivity index (χ2n) is 9.55. The van der Waals surface area contributed by atoms with Crippen LogP contribution >= 0.6 is 11.6 Å². The first kappa shape index (κ1) is 22.0. The standard InChI is InChI=1S/C28H27ClN4O2/c29-20-9-13-24(31-15-20)19-8-12-23-25(14-19)33(22-2-1-3-22)27(26(23)30)18-6-10-21(11-7-18)32-28(34)35-16-17-4-5-17/h6-15,17,22H,1-5,16,30H2,(H,32,34). The number of nitrogens with two attached hydrogens (primary N) is 1. The third-order valence-electron chi connectivity index (χ3n) is 7.06. The second kappa shape index (κ2) is 8.93. The van der Waals surface area contributed by atoms with E-state index in [9.17, 15) is 4.79 Å². The zero-order chi connectivity index (χ0) is 23.9. The maximum Gasteiger partial charge on any atom is 0.411 e. The van der Waals surface area contributed by atoms with Gasteiger partial charge in [0.25, 0.3) is 0 Å². The van der Waals surface area contributed by atoms with E-state index in [0.29, 0.717) is 29.3 Å². The fourth-order valence-corrected chi connectivity index (χ4v) is 4.82. The molecular weight excluding hydrogens is 460 g/mol. The predicted molar refractivity (Wildman–Crippen MR) is 141 cm³/mol. The van der Waals surface area contributed by atoms with Crippen LogP contribution in [0.4, 0.5) is 16.2 Å². The van der Waals surface area contributed by atoms with E-state index in [0.717, 1.165) is 64.8 Å². The van der Waals surface area contributed by atoms with Crippen molar-refractivity contribution in [3.05, 3.63) is 65.8 Å². The fourth-order valence-electron chi connectivity index (χ4n) is 4.70. The minimum atomic E-state index is -0.406. The number of anilines is 2. The van der Waals surface area contributed by atoms with Crippen LogP contribution in [-0.2, 0) is 4.74 Å². The molecule has 178 valence electrons. The average Bonchev–Trinajstić information content (AvgIpc) is 3.62. The summed E-state index contributed by atoms with van der Waals surface area (Å²) in [5.74, 6) is 0.538. The van der Waals surface area contributed by atoms with Gasteiger partial charge in [-0.3, -0.25) is 10.3 Å². The summed E-state index contributed by atoms with van der Waals surface area (Å²) in [6, 6.07) is 18.4. The normalized spacial score (nSPS) is 15.7. The maximum atomic E-state index is 12.1. The molecule has 1 amide bonds. The van der Waals surface area contributed by atoms with Crippen molar-refractivity contribution >= 4 is 40.0 Å². The second-order valence-corrected chi connectivity index (χ2v) is 9.99. The summed E-state index contributed by atoms with van der Waals surface area (Å²) in [5.41, 5.74) is 13.3. The molecule has 0 saturated heterocycles. The third kappa shape index (κ3) is 4.34. The molecule has 3 N–H and O–H groups in total. The molecule has 0 radical (unpaired) electrons. The Morgan fingerprint density at radius 3 is 2.49 bits per heavy atom. The summed E-state index contributed by atoms with van der Waals surface area (Å²) in [6.07, 6.45) is 7.04. The molecule has 0 unspecified atom stereocenters. The molecule has 2 aliphatic rings. The quantitative estimate of drug-likeness (QED) is 0.300. The molecule has 0 atom stereocenters. The smallest absolute Gasteiger partial charge is 0.411 e. The number of benzene rings is 2. The number of nitrogen functional groups attached to an aromatic ring is 1. The molecule has 0 bridgehead atoms. The molecule has 2 aromatic carbocycles. The molecule has 2 aliphatic carbocycles. The molecule has 35 heavy (non-hydrogen) atoms. The van der Waals surface area contributed by atoms with Crippen molar-refractivity contribution in [1.82, 2.24) is 9.55 Å². The number of aromatic nitrogens is 2. The maximum absolute atomic E-state index is 12.1. The van der Waals surface area contributed by atoms with E-state index >= 15 is 0 Å². The molecule has 0 aliphatic heterocycles. The summed E-state index contributed by atoms with van der Waals surface area (Å²) < 4.78 is 7.67.